The molecule has 4 heteroatoms. The highest BCUT2D eigenvalue weighted by molar-refractivity contribution is 9.09. The van der Waals surface area contributed by atoms with Gasteiger partial charge in [0.25, 0.3) is 0 Å². The minimum atomic E-state index is -0.463. The lowest BCUT2D eigenvalue weighted by atomic mass is 9.94. The predicted molar refractivity (Wildman–Crippen MR) is 94.0 cm³/mol. The molecule has 0 bridgehead atoms. The summed E-state index contributed by atoms with van der Waals surface area (Å²) in [4.78, 5) is 14.4. The van der Waals surface area contributed by atoms with E-state index in [4.69, 9.17) is 4.74 Å². The fourth-order valence-electron chi connectivity index (χ4n) is 2.22. The highest BCUT2D eigenvalue weighted by Gasteiger charge is 2.29. The molecule has 0 heterocycles. The van der Waals surface area contributed by atoms with Crippen molar-refractivity contribution in [2.75, 3.05) is 11.9 Å². The quantitative estimate of drug-likeness (QED) is 0.436. The maximum atomic E-state index is 12.5. The molecule has 21 heavy (non-hydrogen) atoms. The number of halogens is 1. The standard InChI is InChI=1S/C17H32BrNO2/c1-8-13(4)14(11-18)12-19(15(9-2)10-3)16(20)21-17(5,6)7/h8,13-15H,1,9-12H2,2-7H3. The maximum Gasteiger partial charge on any atom is 0.410 e. The number of carbonyl (C=O) groups excluding carboxylic acids is 1. The van der Waals surface area contributed by atoms with Gasteiger partial charge in [0.2, 0.25) is 0 Å². The van der Waals surface area contributed by atoms with Gasteiger partial charge in [0.05, 0.1) is 0 Å². The highest BCUT2D eigenvalue weighted by Crippen LogP contribution is 2.22. The highest BCUT2D eigenvalue weighted by atomic mass is 79.9. The van der Waals surface area contributed by atoms with Gasteiger partial charge in [0.1, 0.15) is 5.60 Å². The number of hydrogen-bond donors (Lipinski definition) is 0. The number of allylic oxidation sites excluding steroid dienone is 1. The van der Waals surface area contributed by atoms with Crippen molar-refractivity contribution in [1.82, 2.24) is 4.90 Å². The van der Waals surface area contributed by atoms with Crippen LogP contribution in [-0.4, -0.2) is 34.5 Å². The molecule has 0 aromatic carbocycles. The van der Waals surface area contributed by atoms with Crippen LogP contribution in [-0.2, 0) is 4.74 Å². The Morgan fingerprint density at radius 2 is 1.86 bits per heavy atom. The smallest absolute Gasteiger partial charge is 0.410 e. The molecule has 2 unspecified atom stereocenters. The van der Waals surface area contributed by atoms with Crippen molar-refractivity contribution in [1.29, 1.82) is 0 Å². The summed E-state index contributed by atoms with van der Waals surface area (Å²) in [5.41, 5.74) is -0.463. The Bertz CT molecular complexity index is 321. The maximum absolute atomic E-state index is 12.5. The first kappa shape index (κ1) is 20.5. The lowest BCUT2D eigenvalue weighted by Gasteiger charge is -2.35. The van der Waals surface area contributed by atoms with Gasteiger partial charge in [-0.25, -0.2) is 4.79 Å². The first-order chi connectivity index (χ1) is 9.69. The van der Waals surface area contributed by atoms with Crippen molar-refractivity contribution in [3.05, 3.63) is 12.7 Å². The molecule has 0 N–H and O–H groups in total. The molecule has 0 aliphatic rings. The molecule has 0 saturated heterocycles. The Labute approximate surface area is 139 Å². The van der Waals surface area contributed by atoms with Gasteiger partial charge in [-0.1, -0.05) is 42.8 Å². The van der Waals surface area contributed by atoms with Crippen molar-refractivity contribution in [2.24, 2.45) is 11.8 Å². The van der Waals surface area contributed by atoms with Crippen LogP contribution >= 0.6 is 15.9 Å². The summed E-state index contributed by atoms with van der Waals surface area (Å²) in [5.74, 6) is 0.694. The second-order valence-corrected chi connectivity index (χ2v) is 7.26. The van der Waals surface area contributed by atoms with E-state index in [2.05, 4.69) is 43.3 Å². The summed E-state index contributed by atoms with van der Waals surface area (Å²) in [6.07, 6.45) is 3.62. The third kappa shape index (κ3) is 7.35. The minimum absolute atomic E-state index is 0.210. The first-order valence-corrected chi connectivity index (χ1v) is 9.00. The van der Waals surface area contributed by atoms with Gasteiger partial charge in [-0.05, 0) is 45.4 Å². The van der Waals surface area contributed by atoms with E-state index >= 15 is 0 Å². The van der Waals surface area contributed by atoms with Crippen LogP contribution in [0, 0.1) is 11.8 Å². The number of rotatable bonds is 8. The van der Waals surface area contributed by atoms with Crippen molar-refractivity contribution in [2.45, 2.75) is 66.0 Å². The Kier molecular flexibility index (Phi) is 9.26. The lowest BCUT2D eigenvalue weighted by molar-refractivity contribution is 0.0110. The predicted octanol–water partition coefficient (Wildman–Crippen LogP) is 5.25. The molecule has 0 aliphatic heterocycles. The van der Waals surface area contributed by atoms with Crippen LogP contribution in [0.25, 0.3) is 0 Å². The second kappa shape index (κ2) is 9.50. The van der Waals surface area contributed by atoms with Crippen LogP contribution in [0.4, 0.5) is 4.79 Å². The minimum Gasteiger partial charge on any atom is -0.444 e. The van der Waals surface area contributed by atoms with Crippen LogP contribution in [0.15, 0.2) is 12.7 Å². The second-order valence-electron chi connectivity index (χ2n) is 6.61. The molecule has 0 radical (unpaired) electrons. The Morgan fingerprint density at radius 1 is 1.33 bits per heavy atom. The summed E-state index contributed by atoms with van der Waals surface area (Å²) in [7, 11) is 0. The summed E-state index contributed by atoms with van der Waals surface area (Å²) < 4.78 is 5.59. The Morgan fingerprint density at radius 3 is 2.19 bits per heavy atom. The number of hydrogen-bond acceptors (Lipinski definition) is 2. The van der Waals surface area contributed by atoms with E-state index < -0.39 is 5.60 Å². The largest absolute Gasteiger partial charge is 0.444 e. The van der Waals surface area contributed by atoms with Crippen molar-refractivity contribution in [3.63, 3.8) is 0 Å². The van der Waals surface area contributed by atoms with Crippen molar-refractivity contribution in [3.8, 4) is 0 Å². The van der Waals surface area contributed by atoms with Crippen molar-refractivity contribution < 1.29 is 9.53 Å². The van der Waals surface area contributed by atoms with E-state index in [-0.39, 0.29) is 12.1 Å². The molecular weight excluding hydrogens is 330 g/mol. The lowest BCUT2D eigenvalue weighted by Crippen LogP contribution is -2.46. The molecule has 124 valence electrons. The van der Waals surface area contributed by atoms with Gasteiger partial charge in [-0.15, -0.1) is 6.58 Å². The monoisotopic (exact) mass is 361 g/mol. The zero-order valence-electron chi connectivity index (χ0n) is 14.5. The molecule has 0 aromatic rings. The van der Waals surface area contributed by atoms with E-state index in [1.54, 1.807) is 0 Å². The number of nitrogens with zero attached hydrogens (tertiary/aromatic N) is 1. The van der Waals surface area contributed by atoms with Crippen LogP contribution in [0.2, 0.25) is 0 Å². The number of ether oxygens (including phenoxy) is 1. The fraction of sp³-hybridized carbons (Fsp3) is 0.824. The molecular formula is C17H32BrNO2. The number of alkyl halides is 1. The van der Waals surface area contributed by atoms with Gasteiger partial charge in [-0.3, -0.25) is 0 Å². The van der Waals surface area contributed by atoms with Crippen LogP contribution in [0.5, 0.6) is 0 Å². The van der Waals surface area contributed by atoms with E-state index in [1.807, 2.05) is 31.7 Å². The third-order valence-electron chi connectivity index (χ3n) is 3.76. The fourth-order valence-corrected chi connectivity index (χ4v) is 3.02. The molecule has 0 rings (SSSR count). The Balaban J connectivity index is 5.13. The molecule has 2 atom stereocenters. The number of carbonyl (C=O) groups is 1. The molecule has 0 aliphatic carbocycles. The summed E-state index contributed by atoms with van der Waals surface area (Å²) in [6.45, 7) is 16.7. The van der Waals surface area contributed by atoms with E-state index in [0.29, 0.717) is 18.4 Å². The van der Waals surface area contributed by atoms with E-state index in [9.17, 15) is 4.79 Å². The summed E-state index contributed by atoms with van der Waals surface area (Å²) in [5, 5.41) is 0.847. The van der Waals surface area contributed by atoms with Crippen LogP contribution in [0.3, 0.4) is 0 Å². The third-order valence-corrected chi connectivity index (χ3v) is 4.59. The molecule has 0 saturated carbocycles. The molecule has 1 amide bonds. The molecule has 0 aromatic heterocycles. The zero-order valence-corrected chi connectivity index (χ0v) is 16.1. The molecule has 0 fully saturated rings. The topological polar surface area (TPSA) is 29.5 Å². The number of amides is 1. The molecule has 3 nitrogen and oxygen atoms in total. The SMILES string of the molecule is C=CC(C)C(CBr)CN(C(=O)OC(C)(C)C)C(CC)CC. The van der Waals surface area contributed by atoms with E-state index in [1.165, 1.54) is 0 Å². The normalized spacial score (nSPS) is 14.7. The van der Waals surface area contributed by atoms with Crippen LogP contribution in [0.1, 0.15) is 54.4 Å². The summed E-state index contributed by atoms with van der Waals surface area (Å²) >= 11 is 3.56. The molecule has 0 spiro atoms. The summed E-state index contributed by atoms with van der Waals surface area (Å²) in [6, 6.07) is 0.221. The van der Waals surface area contributed by atoms with Crippen LogP contribution < -0.4 is 0 Å². The Hall–Kier alpha value is -0.510. The first-order valence-electron chi connectivity index (χ1n) is 7.88. The van der Waals surface area contributed by atoms with Gasteiger partial charge in [0.15, 0.2) is 0 Å². The van der Waals surface area contributed by atoms with Gasteiger partial charge < -0.3 is 9.64 Å². The van der Waals surface area contributed by atoms with Gasteiger partial charge in [-0.2, -0.15) is 0 Å². The zero-order chi connectivity index (χ0) is 16.6. The average molecular weight is 362 g/mol. The van der Waals surface area contributed by atoms with Gasteiger partial charge >= 0.3 is 6.09 Å². The van der Waals surface area contributed by atoms with Crippen molar-refractivity contribution >= 4 is 22.0 Å². The average Bonchev–Trinajstić information content (AvgIpc) is 2.40. The van der Waals surface area contributed by atoms with Gasteiger partial charge in [0, 0.05) is 17.9 Å². The van der Waals surface area contributed by atoms with E-state index in [0.717, 1.165) is 18.2 Å².